The van der Waals surface area contributed by atoms with Gasteiger partial charge in [-0.25, -0.2) is 8.78 Å². The van der Waals surface area contributed by atoms with Crippen LogP contribution in [0.25, 0.3) is 0 Å². The Balaban J connectivity index is 1.84. The first-order chi connectivity index (χ1) is 11.6. The number of hydrogen-bond acceptors (Lipinski definition) is 4. The average molecular weight is 351 g/mol. The van der Waals surface area contributed by atoms with Crippen molar-refractivity contribution < 1.29 is 13.6 Å². The standard InChI is InChI=1S/C17H19F2N3OS/c1-2-3-5-14-15(24-17-20-6-4-7-22(14)17)16(23)21-13-9-11(18)8-12(19)10-13/h8-10H,2-7H2,1H3,(H,21,23). The molecule has 0 aliphatic carbocycles. The molecule has 4 nitrogen and oxygen atoms in total. The van der Waals surface area contributed by atoms with Crippen LogP contribution in [0, 0.1) is 11.6 Å². The topological polar surface area (TPSA) is 44.7 Å². The minimum Gasteiger partial charge on any atom is -0.323 e. The molecule has 2 aliphatic heterocycles. The lowest BCUT2D eigenvalue weighted by Gasteiger charge is -2.25. The Morgan fingerprint density at radius 2 is 2.08 bits per heavy atom. The molecular formula is C17H19F2N3OS. The molecule has 0 aromatic heterocycles. The molecule has 128 valence electrons. The summed E-state index contributed by atoms with van der Waals surface area (Å²) in [7, 11) is 0. The fraction of sp³-hybridized carbons (Fsp3) is 0.412. The number of thioether (sulfide) groups is 1. The minimum atomic E-state index is -0.716. The van der Waals surface area contributed by atoms with Crippen molar-refractivity contribution in [2.24, 2.45) is 4.99 Å². The van der Waals surface area contributed by atoms with E-state index in [1.54, 1.807) is 0 Å². The number of benzene rings is 1. The summed E-state index contributed by atoms with van der Waals surface area (Å²) >= 11 is 1.34. The quantitative estimate of drug-likeness (QED) is 0.868. The first-order valence-electron chi connectivity index (χ1n) is 8.09. The highest BCUT2D eigenvalue weighted by molar-refractivity contribution is 8.18. The van der Waals surface area contributed by atoms with Crippen LogP contribution in [0.1, 0.15) is 32.6 Å². The summed E-state index contributed by atoms with van der Waals surface area (Å²) in [6.07, 6.45) is 3.76. The lowest BCUT2D eigenvalue weighted by atomic mass is 10.1. The van der Waals surface area contributed by atoms with Gasteiger partial charge in [0.25, 0.3) is 5.91 Å². The first kappa shape index (κ1) is 17.0. The molecule has 0 atom stereocenters. The monoisotopic (exact) mass is 351 g/mol. The third-order valence-electron chi connectivity index (χ3n) is 3.89. The molecule has 0 fully saturated rings. The van der Waals surface area contributed by atoms with Gasteiger partial charge in [0.05, 0.1) is 4.91 Å². The van der Waals surface area contributed by atoms with Crippen LogP contribution >= 0.6 is 11.8 Å². The van der Waals surface area contributed by atoms with Gasteiger partial charge in [-0.1, -0.05) is 13.3 Å². The molecule has 1 aromatic carbocycles. The van der Waals surface area contributed by atoms with E-state index in [4.69, 9.17) is 0 Å². The highest BCUT2D eigenvalue weighted by atomic mass is 32.2. The molecule has 1 aromatic rings. The molecule has 2 aliphatic rings. The van der Waals surface area contributed by atoms with Gasteiger partial charge in [-0.3, -0.25) is 9.79 Å². The maximum atomic E-state index is 13.3. The molecule has 0 unspecified atom stereocenters. The number of fused-ring (bicyclic) bond motifs is 1. The molecule has 2 heterocycles. The van der Waals surface area contributed by atoms with Crippen molar-refractivity contribution in [1.82, 2.24) is 4.90 Å². The number of amidine groups is 1. The summed E-state index contributed by atoms with van der Waals surface area (Å²) in [5.41, 5.74) is 1.09. The summed E-state index contributed by atoms with van der Waals surface area (Å²) in [4.78, 5) is 19.8. The number of halogens is 2. The smallest absolute Gasteiger partial charge is 0.264 e. The number of carbonyl (C=O) groups is 1. The number of unbranched alkanes of at least 4 members (excludes halogenated alkanes) is 1. The third-order valence-corrected chi connectivity index (χ3v) is 5.05. The van der Waals surface area contributed by atoms with Crippen LogP contribution in [-0.2, 0) is 4.79 Å². The predicted octanol–water partition coefficient (Wildman–Crippen LogP) is 4.11. The number of amides is 1. The van der Waals surface area contributed by atoms with Crippen molar-refractivity contribution in [3.63, 3.8) is 0 Å². The average Bonchev–Trinajstić information content (AvgIpc) is 2.90. The number of nitrogens with zero attached hydrogens (tertiary/aromatic N) is 2. The molecule has 0 saturated carbocycles. The lowest BCUT2D eigenvalue weighted by molar-refractivity contribution is -0.112. The fourth-order valence-corrected chi connectivity index (χ4v) is 3.90. The van der Waals surface area contributed by atoms with Gasteiger partial charge in [0, 0.05) is 30.5 Å². The molecule has 1 N–H and O–H groups in total. The van der Waals surface area contributed by atoms with E-state index < -0.39 is 11.6 Å². The van der Waals surface area contributed by atoms with Gasteiger partial charge in [0.2, 0.25) is 0 Å². The predicted molar refractivity (Wildman–Crippen MR) is 92.8 cm³/mol. The molecule has 1 amide bonds. The Morgan fingerprint density at radius 3 is 2.79 bits per heavy atom. The highest BCUT2D eigenvalue weighted by Crippen LogP contribution is 2.39. The summed E-state index contributed by atoms with van der Waals surface area (Å²) in [5.74, 6) is -1.77. The van der Waals surface area contributed by atoms with E-state index in [2.05, 4.69) is 22.1 Å². The van der Waals surface area contributed by atoms with Crippen molar-refractivity contribution in [3.8, 4) is 0 Å². The normalized spacial score (nSPS) is 17.0. The lowest BCUT2D eigenvalue weighted by Crippen LogP contribution is -2.29. The Hall–Kier alpha value is -1.89. The number of allylic oxidation sites excluding steroid dienone is 1. The molecule has 3 rings (SSSR count). The van der Waals surface area contributed by atoms with E-state index in [1.807, 2.05) is 0 Å². The van der Waals surface area contributed by atoms with Gasteiger partial charge in [0.1, 0.15) is 11.6 Å². The Bertz CT molecular complexity index is 698. The second-order valence-corrected chi connectivity index (χ2v) is 6.74. The van der Waals surface area contributed by atoms with E-state index in [9.17, 15) is 13.6 Å². The minimum absolute atomic E-state index is 0.118. The van der Waals surface area contributed by atoms with Crippen molar-refractivity contribution in [2.75, 3.05) is 18.4 Å². The Kier molecular flexibility index (Phi) is 5.18. The van der Waals surface area contributed by atoms with E-state index in [-0.39, 0.29) is 11.6 Å². The number of hydrogen-bond donors (Lipinski definition) is 1. The third kappa shape index (κ3) is 3.61. The second-order valence-electron chi connectivity index (χ2n) is 5.76. The second kappa shape index (κ2) is 7.34. The fourth-order valence-electron chi connectivity index (χ4n) is 2.78. The Labute approximate surface area is 144 Å². The van der Waals surface area contributed by atoms with Gasteiger partial charge in [-0.15, -0.1) is 0 Å². The van der Waals surface area contributed by atoms with Crippen LogP contribution in [0.2, 0.25) is 0 Å². The summed E-state index contributed by atoms with van der Waals surface area (Å²) in [6.45, 7) is 3.73. The largest absolute Gasteiger partial charge is 0.323 e. The molecule has 0 saturated heterocycles. The van der Waals surface area contributed by atoms with Crippen LogP contribution in [0.3, 0.4) is 0 Å². The number of anilines is 1. The van der Waals surface area contributed by atoms with Crippen molar-refractivity contribution in [2.45, 2.75) is 32.6 Å². The van der Waals surface area contributed by atoms with E-state index in [0.717, 1.165) is 67.8 Å². The van der Waals surface area contributed by atoms with Crippen molar-refractivity contribution in [3.05, 3.63) is 40.4 Å². The van der Waals surface area contributed by atoms with Gasteiger partial charge in [-0.2, -0.15) is 0 Å². The number of nitrogens with one attached hydrogen (secondary N) is 1. The van der Waals surface area contributed by atoms with E-state index in [1.165, 1.54) is 11.8 Å². The molecular weight excluding hydrogens is 332 g/mol. The summed E-state index contributed by atoms with van der Waals surface area (Å²) in [5, 5.41) is 3.45. The van der Waals surface area contributed by atoms with Crippen LogP contribution < -0.4 is 5.32 Å². The summed E-state index contributed by atoms with van der Waals surface area (Å²) < 4.78 is 26.6. The van der Waals surface area contributed by atoms with Gasteiger partial charge in [-0.05, 0) is 43.2 Å². The van der Waals surface area contributed by atoms with Gasteiger partial charge in [0.15, 0.2) is 5.17 Å². The van der Waals surface area contributed by atoms with Gasteiger partial charge < -0.3 is 10.2 Å². The molecule has 24 heavy (non-hydrogen) atoms. The maximum absolute atomic E-state index is 13.3. The Morgan fingerprint density at radius 1 is 1.33 bits per heavy atom. The molecule has 7 heteroatoms. The zero-order chi connectivity index (χ0) is 17.1. The molecule has 0 radical (unpaired) electrons. The number of aliphatic imine (C=N–C) groups is 1. The van der Waals surface area contributed by atoms with Crippen LogP contribution in [0.4, 0.5) is 14.5 Å². The maximum Gasteiger partial charge on any atom is 0.264 e. The zero-order valence-electron chi connectivity index (χ0n) is 13.4. The number of rotatable bonds is 5. The summed E-state index contributed by atoms with van der Waals surface area (Å²) in [6, 6.07) is 3.00. The first-order valence-corrected chi connectivity index (χ1v) is 8.90. The van der Waals surface area contributed by atoms with Gasteiger partial charge >= 0.3 is 0 Å². The molecule has 0 bridgehead atoms. The zero-order valence-corrected chi connectivity index (χ0v) is 14.3. The SMILES string of the molecule is CCCCC1=C(C(=O)Nc2cc(F)cc(F)c2)SC2=NCCCN21. The molecule has 0 spiro atoms. The van der Waals surface area contributed by atoms with E-state index in [0.29, 0.717) is 4.91 Å². The van der Waals surface area contributed by atoms with Crippen LogP contribution in [-0.4, -0.2) is 29.1 Å². The number of carbonyl (C=O) groups excluding carboxylic acids is 1. The van der Waals surface area contributed by atoms with Crippen molar-refractivity contribution in [1.29, 1.82) is 0 Å². The van der Waals surface area contributed by atoms with Crippen LogP contribution in [0.5, 0.6) is 0 Å². The van der Waals surface area contributed by atoms with Crippen LogP contribution in [0.15, 0.2) is 33.8 Å². The van der Waals surface area contributed by atoms with Crippen molar-refractivity contribution >= 4 is 28.5 Å². The van der Waals surface area contributed by atoms with E-state index >= 15 is 0 Å². The highest BCUT2D eigenvalue weighted by Gasteiger charge is 2.33.